The van der Waals surface area contributed by atoms with E-state index in [2.05, 4.69) is 41.0 Å². The largest absolute Gasteiger partial charge is 0.456 e. The third-order valence-electron chi connectivity index (χ3n) is 7.25. The first-order valence-corrected chi connectivity index (χ1v) is 13.7. The minimum absolute atomic E-state index is 0.0513. The fourth-order valence-electron chi connectivity index (χ4n) is 5.10. The van der Waals surface area contributed by atoms with Crippen LogP contribution in [0.5, 0.6) is 0 Å². The Kier molecular flexibility index (Phi) is 7.64. The number of primary amides is 1. The van der Waals surface area contributed by atoms with Crippen LogP contribution in [0.4, 0.5) is 0 Å². The summed E-state index contributed by atoms with van der Waals surface area (Å²) in [5.41, 5.74) is 11.5. The molecule has 6 aromatic rings. The van der Waals surface area contributed by atoms with Crippen LogP contribution < -0.4 is 11.2 Å². The second-order valence-electron chi connectivity index (χ2n) is 10.0. The van der Waals surface area contributed by atoms with E-state index in [4.69, 9.17) is 25.0 Å². The number of benzene rings is 4. The first-order chi connectivity index (χ1) is 20.5. The number of hydrogen-bond donors (Lipinski definition) is 2. The molecule has 2 aromatic heterocycles. The van der Waals surface area contributed by atoms with Crippen molar-refractivity contribution in [3.63, 3.8) is 0 Å². The number of nitrogens with two attached hydrogens (primary N) is 1. The summed E-state index contributed by atoms with van der Waals surface area (Å²) in [5.74, 6) is 0.692. The van der Waals surface area contributed by atoms with Crippen molar-refractivity contribution >= 4 is 27.9 Å². The molecule has 0 saturated heterocycles. The molecule has 0 radical (unpaired) electrons. The number of aliphatic hydroxyl groups excluding tert-OH is 1. The summed E-state index contributed by atoms with van der Waals surface area (Å²) in [6.07, 6.45) is 0.582. The molecule has 8 nitrogen and oxygen atoms in total. The zero-order chi connectivity index (χ0) is 29.1. The van der Waals surface area contributed by atoms with Crippen LogP contribution in [-0.4, -0.2) is 40.4 Å². The highest BCUT2D eigenvalue weighted by Gasteiger charge is 2.16. The maximum atomic E-state index is 13.2. The van der Waals surface area contributed by atoms with Crippen LogP contribution in [0.2, 0.25) is 0 Å². The van der Waals surface area contributed by atoms with Crippen molar-refractivity contribution in [3.05, 3.63) is 124 Å². The van der Waals surface area contributed by atoms with Crippen molar-refractivity contribution < 1.29 is 19.1 Å². The first kappa shape index (κ1) is 27.1. The Morgan fingerprint density at radius 1 is 0.881 bits per heavy atom. The molecular weight excluding hydrogens is 530 g/mol. The molecule has 0 saturated carbocycles. The van der Waals surface area contributed by atoms with Gasteiger partial charge in [0.1, 0.15) is 17.2 Å². The third kappa shape index (κ3) is 5.58. The lowest BCUT2D eigenvalue weighted by Crippen LogP contribution is -2.11. The van der Waals surface area contributed by atoms with Gasteiger partial charge in [0.05, 0.1) is 36.2 Å². The molecule has 8 heteroatoms. The van der Waals surface area contributed by atoms with Crippen LogP contribution in [0.25, 0.3) is 44.5 Å². The molecule has 0 atom stereocenters. The van der Waals surface area contributed by atoms with Crippen LogP contribution in [-0.2, 0) is 17.7 Å². The molecule has 0 aliphatic rings. The van der Waals surface area contributed by atoms with E-state index in [-0.39, 0.29) is 18.6 Å². The zero-order valence-electron chi connectivity index (χ0n) is 22.8. The number of rotatable bonds is 10. The van der Waals surface area contributed by atoms with Crippen LogP contribution in [0, 0.1) is 0 Å². The van der Waals surface area contributed by atoms with Crippen molar-refractivity contribution in [3.8, 4) is 22.5 Å². The Bertz CT molecular complexity index is 1930. The van der Waals surface area contributed by atoms with Crippen molar-refractivity contribution in [2.24, 2.45) is 5.73 Å². The van der Waals surface area contributed by atoms with Gasteiger partial charge in [-0.2, -0.15) is 0 Å². The van der Waals surface area contributed by atoms with E-state index in [0.29, 0.717) is 52.9 Å². The molecule has 1 amide bonds. The van der Waals surface area contributed by atoms with Crippen molar-refractivity contribution in [2.75, 3.05) is 19.8 Å². The maximum Gasteiger partial charge on any atom is 0.248 e. The van der Waals surface area contributed by atoms with Crippen molar-refractivity contribution in [2.45, 2.75) is 13.0 Å². The Labute approximate surface area is 241 Å². The number of aromatic nitrogens is 2. The minimum Gasteiger partial charge on any atom is -0.456 e. The second kappa shape index (κ2) is 11.8. The van der Waals surface area contributed by atoms with Gasteiger partial charge in [-0.1, -0.05) is 66.7 Å². The van der Waals surface area contributed by atoms with Gasteiger partial charge >= 0.3 is 0 Å². The van der Waals surface area contributed by atoms with Crippen LogP contribution in [0.3, 0.4) is 0 Å². The van der Waals surface area contributed by atoms with Gasteiger partial charge in [-0.3, -0.25) is 9.59 Å². The molecule has 0 fully saturated rings. The summed E-state index contributed by atoms with van der Waals surface area (Å²) < 4.78 is 13.9. The lowest BCUT2D eigenvalue weighted by Gasteiger charge is -2.11. The fourth-order valence-corrected chi connectivity index (χ4v) is 5.10. The Balaban J connectivity index is 1.38. The maximum absolute atomic E-state index is 13.2. The number of amides is 1. The lowest BCUT2D eigenvalue weighted by atomic mass is 10.0. The number of carbonyl (C=O) groups is 1. The quantitative estimate of drug-likeness (QED) is 0.223. The van der Waals surface area contributed by atoms with Crippen molar-refractivity contribution in [1.29, 1.82) is 0 Å². The highest BCUT2D eigenvalue weighted by Crippen LogP contribution is 2.28. The highest BCUT2D eigenvalue weighted by atomic mass is 16.5. The van der Waals surface area contributed by atoms with Gasteiger partial charge < -0.3 is 24.6 Å². The summed E-state index contributed by atoms with van der Waals surface area (Å²) >= 11 is 0. The van der Waals surface area contributed by atoms with E-state index < -0.39 is 5.91 Å². The number of nitrogens with zero attached hydrogens (tertiary/aromatic N) is 2. The fraction of sp³-hybridized carbons (Fsp3) is 0.147. The van der Waals surface area contributed by atoms with Gasteiger partial charge in [-0.25, -0.2) is 4.98 Å². The van der Waals surface area contributed by atoms with Gasteiger partial charge in [0.15, 0.2) is 5.43 Å². The number of aliphatic hydroxyl groups is 1. The summed E-state index contributed by atoms with van der Waals surface area (Å²) in [6.45, 7) is 1.10. The SMILES string of the molecule is NC(=O)c1ccc(-c2cc(=O)c3cc4nc(Cc5ccc(-c6ccccc6)cc5)n(CCOCCO)c4cc3o2)cc1. The first-order valence-electron chi connectivity index (χ1n) is 13.7. The van der Waals surface area contributed by atoms with Gasteiger partial charge in [0, 0.05) is 36.2 Å². The van der Waals surface area contributed by atoms with Crippen molar-refractivity contribution in [1.82, 2.24) is 9.55 Å². The summed E-state index contributed by atoms with van der Waals surface area (Å²) in [7, 11) is 0. The summed E-state index contributed by atoms with van der Waals surface area (Å²) in [5, 5.41) is 9.58. The third-order valence-corrected chi connectivity index (χ3v) is 7.25. The standard InChI is InChI=1S/C34H29N3O5/c35-34(40)26-12-10-25(11-13-26)31-21-30(39)27-19-28-29(20-32(27)42-31)37(14-16-41-17-15-38)33(36-28)18-22-6-8-24(9-7-22)23-4-2-1-3-5-23/h1-13,19-21,38H,14-18H2,(H2,35,40). The number of hydrogen-bond acceptors (Lipinski definition) is 6. The average molecular weight is 560 g/mol. The molecule has 42 heavy (non-hydrogen) atoms. The number of carbonyl (C=O) groups excluding carboxylic acids is 1. The number of ether oxygens (including phenoxy) is 1. The smallest absolute Gasteiger partial charge is 0.248 e. The van der Waals surface area contributed by atoms with E-state index in [1.165, 1.54) is 6.07 Å². The van der Waals surface area contributed by atoms with E-state index in [9.17, 15) is 9.59 Å². The molecule has 0 aliphatic carbocycles. The molecule has 0 unspecified atom stereocenters. The Hall–Kier alpha value is -5.05. The molecule has 6 rings (SSSR count). The van der Waals surface area contributed by atoms with Crippen LogP contribution in [0.1, 0.15) is 21.7 Å². The Morgan fingerprint density at radius 3 is 2.31 bits per heavy atom. The molecule has 4 aromatic carbocycles. The second-order valence-corrected chi connectivity index (χ2v) is 10.0. The molecule has 2 heterocycles. The number of fused-ring (bicyclic) bond motifs is 2. The molecule has 0 bridgehead atoms. The van der Waals surface area contributed by atoms with E-state index in [0.717, 1.165) is 28.0 Å². The van der Waals surface area contributed by atoms with E-state index >= 15 is 0 Å². The molecule has 3 N–H and O–H groups in total. The predicted octanol–water partition coefficient (Wildman–Crippen LogP) is 5.18. The normalized spacial score (nSPS) is 11.4. The van der Waals surface area contributed by atoms with E-state index in [1.54, 1.807) is 30.3 Å². The molecule has 0 spiro atoms. The molecular formula is C34H29N3O5. The molecule has 210 valence electrons. The van der Waals surface area contributed by atoms with Crippen LogP contribution >= 0.6 is 0 Å². The van der Waals surface area contributed by atoms with Gasteiger partial charge in [0.25, 0.3) is 0 Å². The minimum atomic E-state index is -0.525. The molecule has 0 aliphatic heterocycles. The summed E-state index contributed by atoms with van der Waals surface area (Å²) in [6, 6.07) is 30.3. The monoisotopic (exact) mass is 559 g/mol. The summed E-state index contributed by atoms with van der Waals surface area (Å²) in [4.78, 5) is 29.5. The topological polar surface area (TPSA) is 121 Å². The lowest BCUT2D eigenvalue weighted by molar-refractivity contribution is 0.0871. The predicted molar refractivity (Wildman–Crippen MR) is 162 cm³/mol. The van der Waals surface area contributed by atoms with E-state index in [1.807, 2.05) is 24.3 Å². The van der Waals surface area contributed by atoms with Crippen LogP contribution in [0.15, 0.2) is 106 Å². The van der Waals surface area contributed by atoms with Gasteiger partial charge in [-0.05, 0) is 34.9 Å². The average Bonchev–Trinajstić information content (AvgIpc) is 3.34. The zero-order valence-corrected chi connectivity index (χ0v) is 22.8. The Morgan fingerprint density at radius 2 is 1.60 bits per heavy atom. The van der Waals surface area contributed by atoms with Gasteiger partial charge in [-0.15, -0.1) is 0 Å². The number of imidazole rings is 1. The highest BCUT2D eigenvalue weighted by molar-refractivity contribution is 5.94. The van der Waals surface area contributed by atoms with Gasteiger partial charge in [0.2, 0.25) is 5.91 Å².